The number of nitrogens with two attached hydrogens (primary N) is 1. The second-order valence-electron chi connectivity index (χ2n) is 5.08. The first kappa shape index (κ1) is 13.7. The lowest BCUT2D eigenvalue weighted by atomic mass is 10.0. The van der Waals surface area contributed by atoms with Gasteiger partial charge in [-0.15, -0.1) is 0 Å². The predicted octanol–water partition coefficient (Wildman–Crippen LogP) is 1.95. The van der Waals surface area contributed by atoms with Gasteiger partial charge in [-0.2, -0.15) is 0 Å². The van der Waals surface area contributed by atoms with Gasteiger partial charge < -0.3 is 21.1 Å². The van der Waals surface area contributed by atoms with Crippen LogP contribution in [0.4, 0.5) is 10.5 Å². The van der Waals surface area contributed by atoms with Gasteiger partial charge in [0, 0.05) is 18.3 Å². The highest BCUT2D eigenvalue weighted by atomic mass is 16.5. The molecule has 2 rings (SSSR count). The zero-order valence-corrected chi connectivity index (χ0v) is 11.2. The number of amides is 2. The van der Waals surface area contributed by atoms with Crippen LogP contribution < -0.4 is 21.1 Å². The highest BCUT2D eigenvalue weighted by molar-refractivity contribution is 5.89. The number of carbonyl (C=O) groups excluding carboxylic acids is 1. The molecule has 0 heterocycles. The summed E-state index contributed by atoms with van der Waals surface area (Å²) in [6, 6.07) is 7.10. The van der Waals surface area contributed by atoms with Crippen molar-refractivity contribution in [3.05, 3.63) is 24.3 Å². The maximum Gasteiger partial charge on any atom is 0.319 e. The first-order valence-electron chi connectivity index (χ1n) is 6.56. The van der Waals surface area contributed by atoms with E-state index in [2.05, 4.69) is 10.6 Å². The van der Waals surface area contributed by atoms with Crippen molar-refractivity contribution in [2.75, 3.05) is 25.5 Å². The summed E-state index contributed by atoms with van der Waals surface area (Å²) in [4.78, 5) is 11.8. The standard InChI is InChI=1S/C14H21N3O2/c1-19-12-4-2-3-11(9-12)17-13(18)16-10-14(5-6-14)7-8-15/h2-4,9H,5-8,10,15H2,1H3,(H2,16,17,18). The Balaban J connectivity index is 1.81. The number of rotatable bonds is 6. The molecule has 0 aromatic heterocycles. The number of urea groups is 1. The van der Waals surface area contributed by atoms with Crippen LogP contribution in [0, 0.1) is 5.41 Å². The van der Waals surface area contributed by atoms with E-state index in [1.165, 1.54) is 0 Å². The minimum Gasteiger partial charge on any atom is -0.497 e. The molecule has 0 atom stereocenters. The topological polar surface area (TPSA) is 76.4 Å². The lowest BCUT2D eigenvalue weighted by Crippen LogP contribution is -2.34. The van der Waals surface area contributed by atoms with E-state index in [9.17, 15) is 4.79 Å². The molecule has 0 radical (unpaired) electrons. The van der Waals surface area contributed by atoms with Gasteiger partial charge in [0.05, 0.1) is 7.11 Å². The number of anilines is 1. The van der Waals surface area contributed by atoms with E-state index in [-0.39, 0.29) is 11.4 Å². The maximum absolute atomic E-state index is 11.8. The zero-order valence-electron chi connectivity index (χ0n) is 11.2. The number of hydrogen-bond donors (Lipinski definition) is 3. The molecule has 0 spiro atoms. The molecular weight excluding hydrogens is 242 g/mol. The van der Waals surface area contributed by atoms with Crippen molar-refractivity contribution in [1.29, 1.82) is 0 Å². The number of methoxy groups -OCH3 is 1. The van der Waals surface area contributed by atoms with Gasteiger partial charge >= 0.3 is 6.03 Å². The lowest BCUT2D eigenvalue weighted by Gasteiger charge is -2.15. The van der Waals surface area contributed by atoms with Crippen molar-refractivity contribution in [3.8, 4) is 5.75 Å². The van der Waals surface area contributed by atoms with Gasteiger partial charge in [0.25, 0.3) is 0 Å². The van der Waals surface area contributed by atoms with Crippen molar-refractivity contribution < 1.29 is 9.53 Å². The van der Waals surface area contributed by atoms with Crippen LogP contribution in [0.3, 0.4) is 0 Å². The van der Waals surface area contributed by atoms with Gasteiger partial charge in [0.15, 0.2) is 0 Å². The molecule has 1 aromatic carbocycles. The van der Waals surface area contributed by atoms with Crippen LogP contribution in [-0.2, 0) is 0 Å². The molecule has 1 fully saturated rings. The number of nitrogens with one attached hydrogen (secondary N) is 2. The Morgan fingerprint density at radius 3 is 2.89 bits per heavy atom. The van der Waals surface area contributed by atoms with Crippen molar-refractivity contribution >= 4 is 11.7 Å². The second kappa shape index (κ2) is 5.93. The summed E-state index contributed by atoms with van der Waals surface area (Å²) in [6.45, 7) is 1.37. The van der Waals surface area contributed by atoms with Gasteiger partial charge in [-0.05, 0) is 43.4 Å². The summed E-state index contributed by atoms with van der Waals surface area (Å²) in [5, 5.41) is 5.71. The fourth-order valence-electron chi connectivity index (χ4n) is 2.14. The Bertz CT molecular complexity index is 444. The molecule has 0 bridgehead atoms. The van der Waals surface area contributed by atoms with Crippen molar-refractivity contribution in [3.63, 3.8) is 0 Å². The van der Waals surface area contributed by atoms with Gasteiger partial charge in [0.1, 0.15) is 5.75 Å². The molecule has 0 unspecified atom stereocenters. The third-order valence-corrected chi connectivity index (χ3v) is 3.58. The van der Waals surface area contributed by atoms with E-state index >= 15 is 0 Å². The molecule has 5 heteroatoms. The molecule has 104 valence electrons. The minimum absolute atomic E-state index is 0.184. The first-order valence-corrected chi connectivity index (χ1v) is 6.56. The average Bonchev–Trinajstić information content (AvgIpc) is 3.17. The maximum atomic E-state index is 11.8. The van der Waals surface area contributed by atoms with Crippen molar-refractivity contribution in [2.24, 2.45) is 11.1 Å². The van der Waals surface area contributed by atoms with E-state index in [0.717, 1.165) is 30.7 Å². The van der Waals surface area contributed by atoms with Crippen LogP contribution in [0.1, 0.15) is 19.3 Å². The monoisotopic (exact) mass is 263 g/mol. The Hall–Kier alpha value is -1.75. The minimum atomic E-state index is -0.184. The summed E-state index contributed by atoms with van der Waals surface area (Å²) in [7, 11) is 1.60. The third-order valence-electron chi connectivity index (χ3n) is 3.58. The molecule has 0 saturated heterocycles. The van der Waals surface area contributed by atoms with Gasteiger partial charge in [-0.1, -0.05) is 6.07 Å². The highest BCUT2D eigenvalue weighted by Gasteiger charge is 2.41. The van der Waals surface area contributed by atoms with Crippen LogP contribution in [-0.4, -0.2) is 26.2 Å². The highest BCUT2D eigenvalue weighted by Crippen LogP contribution is 2.47. The zero-order chi connectivity index (χ0) is 13.7. The summed E-state index contributed by atoms with van der Waals surface area (Å²) < 4.78 is 5.11. The van der Waals surface area contributed by atoms with Crippen LogP contribution in [0.5, 0.6) is 5.75 Å². The van der Waals surface area contributed by atoms with Crippen molar-refractivity contribution in [2.45, 2.75) is 19.3 Å². The van der Waals surface area contributed by atoms with Crippen LogP contribution in [0.15, 0.2) is 24.3 Å². The third kappa shape index (κ3) is 3.86. The molecule has 2 amide bonds. The predicted molar refractivity (Wildman–Crippen MR) is 75.4 cm³/mol. The Kier molecular flexibility index (Phi) is 4.27. The quantitative estimate of drug-likeness (QED) is 0.734. The summed E-state index contributed by atoms with van der Waals surface area (Å²) in [5.41, 5.74) is 6.55. The lowest BCUT2D eigenvalue weighted by molar-refractivity contribution is 0.249. The molecule has 1 aliphatic rings. The van der Waals surface area contributed by atoms with E-state index in [0.29, 0.717) is 13.1 Å². The summed E-state index contributed by atoms with van der Waals surface area (Å²) in [5.74, 6) is 0.722. The van der Waals surface area contributed by atoms with Gasteiger partial charge in [-0.3, -0.25) is 0 Å². The molecular formula is C14H21N3O2. The first-order chi connectivity index (χ1) is 9.17. The molecule has 1 aromatic rings. The molecule has 4 N–H and O–H groups in total. The fraction of sp³-hybridized carbons (Fsp3) is 0.500. The van der Waals surface area contributed by atoms with E-state index in [1.807, 2.05) is 18.2 Å². The molecule has 19 heavy (non-hydrogen) atoms. The summed E-state index contributed by atoms with van der Waals surface area (Å²) in [6.07, 6.45) is 3.29. The summed E-state index contributed by atoms with van der Waals surface area (Å²) >= 11 is 0. The van der Waals surface area contributed by atoms with Crippen molar-refractivity contribution in [1.82, 2.24) is 5.32 Å². The normalized spacial score (nSPS) is 15.7. The molecule has 0 aliphatic heterocycles. The molecule has 5 nitrogen and oxygen atoms in total. The van der Waals surface area contributed by atoms with Crippen LogP contribution in [0.25, 0.3) is 0 Å². The van der Waals surface area contributed by atoms with E-state index in [1.54, 1.807) is 13.2 Å². The van der Waals surface area contributed by atoms with Gasteiger partial charge in [0.2, 0.25) is 0 Å². The Labute approximate surface area is 113 Å². The second-order valence-corrected chi connectivity index (χ2v) is 5.08. The number of ether oxygens (including phenoxy) is 1. The number of hydrogen-bond acceptors (Lipinski definition) is 3. The van der Waals surface area contributed by atoms with Crippen LogP contribution >= 0.6 is 0 Å². The number of benzene rings is 1. The van der Waals surface area contributed by atoms with E-state index in [4.69, 9.17) is 10.5 Å². The average molecular weight is 263 g/mol. The smallest absolute Gasteiger partial charge is 0.319 e. The van der Waals surface area contributed by atoms with Crippen LogP contribution in [0.2, 0.25) is 0 Å². The number of carbonyl (C=O) groups is 1. The molecule has 1 aliphatic carbocycles. The van der Waals surface area contributed by atoms with E-state index < -0.39 is 0 Å². The largest absolute Gasteiger partial charge is 0.497 e. The Morgan fingerprint density at radius 1 is 1.47 bits per heavy atom. The fourth-order valence-corrected chi connectivity index (χ4v) is 2.14. The van der Waals surface area contributed by atoms with Gasteiger partial charge in [-0.25, -0.2) is 4.79 Å². The SMILES string of the molecule is COc1cccc(NC(=O)NCC2(CCN)CC2)c1. The Morgan fingerprint density at radius 2 is 2.26 bits per heavy atom. The molecule has 1 saturated carbocycles.